The molecule has 1 rings (SSSR count). The minimum absolute atomic E-state index is 0.0322. The van der Waals surface area contributed by atoms with Gasteiger partial charge in [0.1, 0.15) is 0 Å². The Morgan fingerprint density at radius 2 is 1.73 bits per heavy atom. The van der Waals surface area contributed by atoms with Crippen LogP contribution in [0.5, 0.6) is 0 Å². The number of ether oxygens (including phenoxy) is 1. The van der Waals surface area contributed by atoms with Crippen LogP contribution in [0, 0.1) is 5.92 Å². The molecule has 2 N–H and O–H groups in total. The SMILES string of the molecule is CCCCCCCC(CC(O)CC(C)OC)C(C(=O)O)c1ccccc1. The molecule has 26 heavy (non-hydrogen) atoms. The summed E-state index contributed by atoms with van der Waals surface area (Å²) >= 11 is 0. The molecule has 0 fully saturated rings. The van der Waals surface area contributed by atoms with Crippen LogP contribution in [0.1, 0.15) is 76.7 Å². The molecular weight excluding hydrogens is 328 g/mol. The van der Waals surface area contributed by atoms with Gasteiger partial charge >= 0.3 is 5.97 Å². The van der Waals surface area contributed by atoms with Gasteiger partial charge in [0.15, 0.2) is 0 Å². The fourth-order valence-electron chi connectivity index (χ4n) is 3.63. The average molecular weight is 365 g/mol. The van der Waals surface area contributed by atoms with E-state index in [1.807, 2.05) is 37.3 Å². The number of aliphatic hydroxyl groups is 1. The summed E-state index contributed by atoms with van der Waals surface area (Å²) in [5.74, 6) is -1.45. The van der Waals surface area contributed by atoms with Gasteiger partial charge in [-0.15, -0.1) is 0 Å². The van der Waals surface area contributed by atoms with Crippen molar-refractivity contribution in [3.8, 4) is 0 Å². The van der Waals surface area contributed by atoms with E-state index in [9.17, 15) is 15.0 Å². The van der Waals surface area contributed by atoms with Crippen LogP contribution in [-0.2, 0) is 9.53 Å². The summed E-state index contributed by atoms with van der Waals surface area (Å²) in [5, 5.41) is 20.3. The van der Waals surface area contributed by atoms with E-state index in [2.05, 4.69) is 6.92 Å². The maximum absolute atomic E-state index is 12.0. The van der Waals surface area contributed by atoms with Gasteiger partial charge in [0.2, 0.25) is 0 Å². The molecule has 0 spiro atoms. The van der Waals surface area contributed by atoms with Gasteiger partial charge in [-0.3, -0.25) is 4.79 Å². The largest absolute Gasteiger partial charge is 0.481 e. The van der Waals surface area contributed by atoms with Gasteiger partial charge in [0.25, 0.3) is 0 Å². The molecule has 0 amide bonds. The van der Waals surface area contributed by atoms with Crippen molar-refractivity contribution in [2.24, 2.45) is 5.92 Å². The van der Waals surface area contributed by atoms with Gasteiger partial charge in [-0.25, -0.2) is 0 Å². The van der Waals surface area contributed by atoms with E-state index < -0.39 is 18.0 Å². The predicted molar refractivity (Wildman–Crippen MR) is 105 cm³/mol. The van der Waals surface area contributed by atoms with Crippen LogP contribution in [-0.4, -0.2) is 35.5 Å². The molecule has 0 heterocycles. The van der Waals surface area contributed by atoms with Crippen LogP contribution in [0.3, 0.4) is 0 Å². The van der Waals surface area contributed by atoms with E-state index >= 15 is 0 Å². The maximum atomic E-state index is 12.0. The number of aliphatic hydroxyl groups excluding tert-OH is 1. The minimum Gasteiger partial charge on any atom is -0.481 e. The smallest absolute Gasteiger partial charge is 0.311 e. The summed E-state index contributed by atoms with van der Waals surface area (Å²) in [5.41, 5.74) is 0.825. The Morgan fingerprint density at radius 3 is 2.31 bits per heavy atom. The lowest BCUT2D eigenvalue weighted by molar-refractivity contribution is -0.140. The van der Waals surface area contributed by atoms with E-state index in [0.717, 1.165) is 24.8 Å². The van der Waals surface area contributed by atoms with Crippen LogP contribution < -0.4 is 0 Å². The van der Waals surface area contributed by atoms with E-state index in [0.29, 0.717) is 12.8 Å². The first kappa shape index (κ1) is 22.7. The van der Waals surface area contributed by atoms with Gasteiger partial charge in [-0.05, 0) is 37.7 Å². The van der Waals surface area contributed by atoms with Crippen LogP contribution in [0.4, 0.5) is 0 Å². The molecular formula is C22H36O4. The zero-order valence-electron chi connectivity index (χ0n) is 16.6. The fourth-order valence-corrected chi connectivity index (χ4v) is 3.63. The van der Waals surface area contributed by atoms with Crippen molar-refractivity contribution in [2.45, 2.75) is 83.3 Å². The van der Waals surface area contributed by atoms with Crippen molar-refractivity contribution in [1.82, 2.24) is 0 Å². The molecule has 0 saturated carbocycles. The Labute approximate surface area is 158 Å². The number of hydrogen-bond acceptors (Lipinski definition) is 3. The predicted octanol–water partition coefficient (Wildman–Crippen LogP) is 5.01. The second kappa shape index (κ2) is 12.9. The second-order valence-electron chi connectivity index (χ2n) is 7.36. The molecule has 148 valence electrons. The standard InChI is InChI=1S/C22H36O4/c1-4-5-6-7-9-14-19(16-20(23)15-17(2)26-3)21(22(24)25)18-12-10-8-11-13-18/h8,10-13,17,19-21,23H,4-7,9,14-16H2,1-3H3,(H,24,25). The van der Waals surface area contributed by atoms with Crippen LogP contribution in [0.2, 0.25) is 0 Å². The highest BCUT2D eigenvalue weighted by Gasteiger charge is 2.31. The molecule has 1 aromatic carbocycles. The van der Waals surface area contributed by atoms with Crippen molar-refractivity contribution in [2.75, 3.05) is 7.11 Å². The van der Waals surface area contributed by atoms with Gasteiger partial charge in [-0.2, -0.15) is 0 Å². The molecule has 0 aliphatic carbocycles. The molecule has 0 aliphatic rings. The Morgan fingerprint density at radius 1 is 1.08 bits per heavy atom. The van der Waals surface area contributed by atoms with Crippen molar-refractivity contribution < 1.29 is 19.7 Å². The second-order valence-corrected chi connectivity index (χ2v) is 7.36. The summed E-state index contributed by atoms with van der Waals surface area (Å²) < 4.78 is 5.24. The fraction of sp³-hybridized carbons (Fsp3) is 0.682. The monoisotopic (exact) mass is 364 g/mol. The van der Waals surface area contributed by atoms with Crippen molar-refractivity contribution in [1.29, 1.82) is 0 Å². The number of carboxylic acids is 1. The summed E-state index contributed by atoms with van der Waals surface area (Å²) in [6.45, 7) is 4.11. The van der Waals surface area contributed by atoms with Crippen LogP contribution in [0.15, 0.2) is 30.3 Å². The van der Waals surface area contributed by atoms with E-state index in [4.69, 9.17) is 4.74 Å². The van der Waals surface area contributed by atoms with Crippen molar-refractivity contribution in [3.63, 3.8) is 0 Å². The first-order valence-electron chi connectivity index (χ1n) is 9.98. The number of unbranched alkanes of at least 4 members (excludes halogenated alkanes) is 4. The molecule has 4 heteroatoms. The third-order valence-electron chi connectivity index (χ3n) is 5.16. The number of benzene rings is 1. The van der Waals surface area contributed by atoms with E-state index in [-0.39, 0.29) is 12.0 Å². The number of methoxy groups -OCH3 is 1. The quantitative estimate of drug-likeness (QED) is 0.456. The van der Waals surface area contributed by atoms with Crippen molar-refractivity contribution >= 4 is 5.97 Å². The molecule has 1 aromatic rings. The lowest BCUT2D eigenvalue weighted by atomic mass is 9.79. The molecule has 0 saturated heterocycles. The lowest BCUT2D eigenvalue weighted by Gasteiger charge is -2.27. The average Bonchev–Trinajstić information content (AvgIpc) is 2.61. The lowest BCUT2D eigenvalue weighted by Crippen LogP contribution is -2.27. The molecule has 4 atom stereocenters. The zero-order chi connectivity index (χ0) is 19.4. The van der Waals surface area contributed by atoms with Gasteiger partial charge in [0.05, 0.1) is 18.1 Å². The Balaban J connectivity index is 2.83. The number of hydrogen-bond donors (Lipinski definition) is 2. The van der Waals surface area contributed by atoms with Gasteiger partial charge in [0, 0.05) is 7.11 Å². The summed E-state index contributed by atoms with van der Waals surface area (Å²) in [4.78, 5) is 12.0. The maximum Gasteiger partial charge on any atom is 0.311 e. The third-order valence-corrected chi connectivity index (χ3v) is 5.16. The highest BCUT2D eigenvalue weighted by atomic mass is 16.5. The Hall–Kier alpha value is -1.39. The molecule has 0 bridgehead atoms. The topological polar surface area (TPSA) is 66.8 Å². The minimum atomic E-state index is -0.804. The van der Waals surface area contributed by atoms with Crippen LogP contribution in [0.25, 0.3) is 0 Å². The number of carbonyl (C=O) groups is 1. The first-order valence-corrected chi connectivity index (χ1v) is 9.98. The van der Waals surface area contributed by atoms with Gasteiger partial charge < -0.3 is 14.9 Å². The van der Waals surface area contributed by atoms with E-state index in [1.54, 1.807) is 7.11 Å². The first-order chi connectivity index (χ1) is 12.5. The highest BCUT2D eigenvalue weighted by molar-refractivity contribution is 5.76. The molecule has 0 radical (unpaired) electrons. The number of aliphatic carboxylic acids is 1. The normalized spacial score (nSPS) is 16.0. The number of rotatable bonds is 14. The Bertz CT molecular complexity index is 488. The Kier molecular flexibility index (Phi) is 11.2. The van der Waals surface area contributed by atoms with E-state index in [1.165, 1.54) is 19.3 Å². The van der Waals surface area contributed by atoms with Gasteiger partial charge in [-0.1, -0.05) is 69.4 Å². The molecule has 0 aromatic heterocycles. The van der Waals surface area contributed by atoms with Crippen LogP contribution >= 0.6 is 0 Å². The van der Waals surface area contributed by atoms with Crippen molar-refractivity contribution in [3.05, 3.63) is 35.9 Å². The summed E-state index contributed by atoms with van der Waals surface area (Å²) in [6.07, 6.45) is 7.01. The molecule has 0 aliphatic heterocycles. The summed E-state index contributed by atoms with van der Waals surface area (Å²) in [6, 6.07) is 9.43. The third kappa shape index (κ3) is 8.33. The number of carboxylic acid groups (broad SMARTS) is 1. The summed E-state index contributed by atoms with van der Waals surface area (Å²) in [7, 11) is 1.63. The zero-order valence-corrected chi connectivity index (χ0v) is 16.6. The molecule has 4 nitrogen and oxygen atoms in total. The molecule has 4 unspecified atom stereocenters. The highest BCUT2D eigenvalue weighted by Crippen LogP contribution is 2.33.